The van der Waals surface area contributed by atoms with E-state index >= 15 is 0 Å². The van der Waals surface area contributed by atoms with Crippen LogP contribution < -0.4 is 10.6 Å². The molecule has 0 saturated heterocycles. The summed E-state index contributed by atoms with van der Waals surface area (Å²) >= 11 is 1.61. The lowest BCUT2D eigenvalue weighted by atomic mass is 10.0. The second-order valence-electron chi connectivity index (χ2n) is 4.46. The molecule has 0 saturated carbocycles. The van der Waals surface area contributed by atoms with Crippen molar-refractivity contribution in [3.05, 3.63) is 21.9 Å². The monoisotopic (exact) mass is 284 g/mol. The van der Waals surface area contributed by atoms with E-state index in [1.54, 1.807) is 11.3 Å². The minimum Gasteiger partial charge on any atom is -0.481 e. The fraction of sp³-hybridized carbons (Fsp3) is 0.538. The van der Waals surface area contributed by atoms with Gasteiger partial charge in [0.1, 0.15) is 0 Å². The molecule has 0 spiro atoms. The predicted octanol–water partition coefficient (Wildman–Crippen LogP) is 2.36. The molecule has 1 heterocycles. The van der Waals surface area contributed by atoms with Crippen LogP contribution in [-0.2, 0) is 11.3 Å². The van der Waals surface area contributed by atoms with Gasteiger partial charge in [0.15, 0.2) is 0 Å². The lowest BCUT2D eigenvalue weighted by Gasteiger charge is -2.13. The molecule has 0 aliphatic heterocycles. The molecule has 0 bridgehead atoms. The van der Waals surface area contributed by atoms with Gasteiger partial charge in [-0.2, -0.15) is 0 Å². The first-order chi connectivity index (χ1) is 9.02. The molecule has 3 N–H and O–H groups in total. The van der Waals surface area contributed by atoms with Gasteiger partial charge in [0.2, 0.25) is 0 Å². The van der Waals surface area contributed by atoms with Gasteiger partial charge in [-0.05, 0) is 29.9 Å². The summed E-state index contributed by atoms with van der Waals surface area (Å²) in [4.78, 5) is 23.3. The van der Waals surface area contributed by atoms with Crippen molar-refractivity contribution in [1.29, 1.82) is 0 Å². The van der Waals surface area contributed by atoms with E-state index in [1.165, 1.54) is 5.56 Å². The van der Waals surface area contributed by atoms with Crippen molar-refractivity contribution in [2.24, 2.45) is 5.92 Å². The van der Waals surface area contributed by atoms with Crippen LogP contribution in [0.3, 0.4) is 0 Å². The highest BCUT2D eigenvalue weighted by atomic mass is 32.1. The first-order valence-electron chi connectivity index (χ1n) is 6.29. The zero-order valence-electron chi connectivity index (χ0n) is 11.2. The number of urea groups is 1. The molecule has 6 heteroatoms. The van der Waals surface area contributed by atoms with Crippen LogP contribution in [0.1, 0.15) is 30.2 Å². The first-order valence-corrected chi connectivity index (χ1v) is 7.17. The third-order valence-electron chi connectivity index (χ3n) is 2.97. The summed E-state index contributed by atoms with van der Waals surface area (Å²) in [6.07, 6.45) is 0.817. The quantitative estimate of drug-likeness (QED) is 0.719. The standard InChI is InChI=1S/C13H20N2O3S/c1-3-10(6-12(16)17)7-14-13(18)15-8-11-9(2)4-5-19-11/h4-5,10H,3,6-8H2,1-2H3,(H,16,17)(H2,14,15,18). The van der Waals surface area contributed by atoms with Crippen molar-refractivity contribution in [2.75, 3.05) is 6.54 Å². The summed E-state index contributed by atoms with van der Waals surface area (Å²) in [6, 6.07) is 1.76. The Bertz CT molecular complexity index is 431. The SMILES string of the molecule is CCC(CNC(=O)NCc1sccc1C)CC(=O)O. The summed E-state index contributed by atoms with van der Waals surface area (Å²) in [7, 11) is 0. The normalized spacial score (nSPS) is 11.9. The number of thiophene rings is 1. The summed E-state index contributed by atoms with van der Waals surface area (Å²) in [5.74, 6) is -0.852. The Morgan fingerprint density at radius 2 is 2.16 bits per heavy atom. The number of hydrogen-bond donors (Lipinski definition) is 3. The van der Waals surface area contributed by atoms with Gasteiger partial charge in [0.05, 0.1) is 6.54 Å². The molecule has 0 fully saturated rings. The number of hydrogen-bond acceptors (Lipinski definition) is 3. The van der Waals surface area contributed by atoms with Crippen molar-refractivity contribution in [3.8, 4) is 0 Å². The number of rotatable bonds is 7. The van der Waals surface area contributed by atoms with Crippen molar-refractivity contribution < 1.29 is 14.7 Å². The van der Waals surface area contributed by atoms with Gasteiger partial charge >= 0.3 is 12.0 Å². The van der Waals surface area contributed by atoms with Crippen molar-refractivity contribution in [2.45, 2.75) is 33.2 Å². The molecule has 1 unspecified atom stereocenters. The van der Waals surface area contributed by atoms with Crippen LogP contribution in [0.2, 0.25) is 0 Å². The van der Waals surface area contributed by atoms with Gasteiger partial charge in [-0.3, -0.25) is 4.79 Å². The highest BCUT2D eigenvalue weighted by molar-refractivity contribution is 7.10. The average molecular weight is 284 g/mol. The number of aryl methyl sites for hydroxylation is 1. The fourth-order valence-corrected chi connectivity index (χ4v) is 2.50. The largest absolute Gasteiger partial charge is 0.481 e. The van der Waals surface area contributed by atoms with Crippen LogP contribution >= 0.6 is 11.3 Å². The zero-order chi connectivity index (χ0) is 14.3. The number of carboxylic acids is 1. The van der Waals surface area contributed by atoms with Crippen LogP contribution in [0.4, 0.5) is 4.79 Å². The van der Waals surface area contributed by atoms with Gasteiger partial charge in [0.25, 0.3) is 0 Å². The Labute approximate surface area is 117 Å². The molecule has 19 heavy (non-hydrogen) atoms. The summed E-state index contributed by atoms with van der Waals surface area (Å²) in [5.41, 5.74) is 1.17. The number of aliphatic carboxylic acids is 1. The van der Waals surface area contributed by atoms with Gasteiger partial charge < -0.3 is 15.7 Å². The molecular weight excluding hydrogens is 264 g/mol. The van der Waals surface area contributed by atoms with Crippen LogP contribution in [0.5, 0.6) is 0 Å². The van der Waals surface area contributed by atoms with Crippen LogP contribution in [-0.4, -0.2) is 23.7 Å². The van der Waals surface area contributed by atoms with Gasteiger partial charge in [0, 0.05) is 17.8 Å². The summed E-state index contributed by atoms with van der Waals surface area (Å²) in [5, 5.41) is 16.2. The topological polar surface area (TPSA) is 78.4 Å². The number of carbonyl (C=O) groups is 2. The van der Waals surface area contributed by atoms with Crippen molar-refractivity contribution in [3.63, 3.8) is 0 Å². The number of amides is 2. The van der Waals surface area contributed by atoms with Crippen molar-refractivity contribution >= 4 is 23.3 Å². The molecule has 5 nitrogen and oxygen atoms in total. The Hall–Kier alpha value is -1.56. The summed E-state index contributed by atoms with van der Waals surface area (Å²) in [6.45, 7) is 4.82. The third kappa shape index (κ3) is 5.74. The second-order valence-corrected chi connectivity index (χ2v) is 5.46. The zero-order valence-corrected chi connectivity index (χ0v) is 12.0. The highest BCUT2D eigenvalue weighted by Crippen LogP contribution is 2.14. The van der Waals surface area contributed by atoms with E-state index in [-0.39, 0.29) is 18.4 Å². The Morgan fingerprint density at radius 1 is 1.42 bits per heavy atom. The highest BCUT2D eigenvalue weighted by Gasteiger charge is 2.12. The molecule has 0 radical (unpaired) electrons. The average Bonchev–Trinajstić information content (AvgIpc) is 2.77. The molecule has 0 aromatic carbocycles. The Balaban J connectivity index is 2.27. The van der Waals surface area contributed by atoms with Crippen LogP contribution in [0.25, 0.3) is 0 Å². The maximum Gasteiger partial charge on any atom is 0.315 e. The molecule has 2 amide bonds. The van der Waals surface area contributed by atoms with E-state index in [4.69, 9.17) is 5.11 Å². The maximum atomic E-state index is 11.6. The van der Waals surface area contributed by atoms with Gasteiger partial charge in [-0.25, -0.2) is 4.79 Å². The Kier molecular flexibility index (Phi) is 6.35. The molecule has 1 atom stereocenters. The predicted molar refractivity (Wildman–Crippen MR) is 75.3 cm³/mol. The summed E-state index contributed by atoms with van der Waals surface area (Å²) < 4.78 is 0. The lowest BCUT2D eigenvalue weighted by molar-refractivity contribution is -0.138. The smallest absolute Gasteiger partial charge is 0.315 e. The second kappa shape index (κ2) is 7.78. The van der Waals surface area contributed by atoms with E-state index in [9.17, 15) is 9.59 Å². The van der Waals surface area contributed by atoms with Crippen molar-refractivity contribution in [1.82, 2.24) is 10.6 Å². The Morgan fingerprint density at radius 3 is 2.68 bits per heavy atom. The van der Waals surface area contributed by atoms with E-state index in [0.29, 0.717) is 13.1 Å². The molecular formula is C13H20N2O3S. The van der Waals surface area contributed by atoms with Gasteiger partial charge in [-0.1, -0.05) is 13.3 Å². The molecule has 1 aromatic heterocycles. The van der Waals surface area contributed by atoms with E-state index < -0.39 is 5.97 Å². The van der Waals surface area contributed by atoms with Gasteiger partial charge in [-0.15, -0.1) is 11.3 Å². The van der Waals surface area contributed by atoms with Crippen LogP contribution in [0, 0.1) is 12.8 Å². The molecule has 1 rings (SSSR count). The first kappa shape index (κ1) is 15.5. The molecule has 0 aliphatic rings. The lowest BCUT2D eigenvalue weighted by Crippen LogP contribution is -2.38. The number of carboxylic acid groups (broad SMARTS) is 1. The maximum absolute atomic E-state index is 11.6. The van der Waals surface area contributed by atoms with E-state index in [1.807, 2.05) is 25.3 Å². The van der Waals surface area contributed by atoms with Crippen LogP contribution in [0.15, 0.2) is 11.4 Å². The molecule has 106 valence electrons. The van der Waals surface area contributed by atoms with E-state index in [2.05, 4.69) is 10.6 Å². The molecule has 0 aliphatic carbocycles. The third-order valence-corrected chi connectivity index (χ3v) is 3.99. The fourth-order valence-electron chi connectivity index (χ4n) is 1.65. The van der Waals surface area contributed by atoms with E-state index in [0.717, 1.165) is 11.3 Å². The number of carbonyl (C=O) groups excluding carboxylic acids is 1. The number of nitrogens with one attached hydrogen (secondary N) is 2. The minimum atomic E-state index is -0.830. The minimum absolute atomic E-state index is 0.0216. The molecule has 1 aromatic rings.